The van der Waals surface area contributed by atoms with Gasteiger partial charge in [0.2, 0.25) is 5.91 Å². The molecule has 1 amide bonds. The monoisotopic (exact) mass is 317 g/mol. The lowest BCUT2D eigenvalue weighted by Gasteiger charge is -2.26. The first-order valence-corrected chi connectivity index (χ1v) is 8.53. The van der Waals surface area contributed by atoms with Crippen LogP contribution in [-0.2, 0) is 16.0 Å². The zero-order valence-corrected chi connectivity index (χ0v) is 14.3. The average Bonchev–Trinajstić information content (AvgIpc) is 3.36. The number of carbonyl (C=O) groups is 2. The Balaban J connectivity index is 1.98. The first-order valence-electron chi connectivity index (χ1n) is 8.53. The molecule has 4 heteroatoms. The fourth-order valence-electron chi connectivity index (χ4n) is 2.79. The molecule has 1 N–H and O–H groups in total. The van der Waals surface area contributed by atoms with E-state index in [0.29, 0.717) is 13.0 Å². The third kappa shape index (κ3) is 4.81. The molecule has 2 atom stereocenters. The molecule has 4 nitrogen and oxygen atoms in total. The third-order valence-corrected chi connectivity index (χ3v) is 4.64. The predicted octanol–water partition coefficient (Wildman–Crippen LogP) is 3.45. The van der Waals surface area contributed by atoms with Crippen molar-refractivity contribution in [2.45, 2.75) is 58.4 Å². The van der Waals surface area contributed by atoms with Gasteiger partial charge in [-0.25, -0.2) is 0 Å². The van der Waals surface area contributed by atoms with E-state index in [2.05, 4.69) is 38.1 Å². The van der Waals surface area contributed by atoms with Crippen molar-refractivity contribution in [2.24, 2.45) is 5.92 Å². The van der Waals surface area contributed by atoms with Crippen LogP contribution in [0.2, 0.25) is 0 Å². The second-order valence-electron chi connectivity index (χ2n) is 6.72. The van der Waals surface area contributed by atoms with E-state index < -0.39 is 11.9 Å². The van der Waals surface area contributed by atoms with Crippen LogP contribution < -0.4 is 0 Å². The number of hydrogen-bond donors (Lipinski definition) is 1. The molecule has 23 heavy (non-hydrogen) atoms. The molecule has 126 valence electrons. The van der Waals surface area contributed by atoms with E-state index in [9.17, 15) is 9.59 Å². The summed E-state index contributed by atoms with van der Waals surface area (Å²) in [4.78, 5) is 25.5. The van der Waals surface area contributed by atoms with Gasteiger partial charge in [0.15, 0.2) is 0 Å². The Labute approximate surface area is 138 Å². The van der Waals surface area contributed by atoms with Crippen molar-refractivity contribution in [2.75, 3.05) is 6.54 Å². The Bertz CT molecular complexity index is 548. The molecule has 0 aromatic heterocycles. The highest BCUT2D eigenvalue weighted by atomic mass is 16.4. The number of carboxylic acid groups (broad SMARTS) is 1. The maximum absolute atomic E-state index is 12.6. The predicted molar refractivity (Wildman–Crippen MR) is 90.4 cm³/mol. The van der Waals surface area contributed by atoms with Gasteiger partial charge in [0.05, 0.1) is 5.92 Å². The van der Waals surface area contributed by atoms with E-state index in [1.807, 2.05) is 0 Å². The summed E-state index contributed by atoms with van der Waals surface area (Å²) in [6.45, 7) is 6.17. The Morgan fingerprint density at radius 3 is 2.30 bits per heavy atom. The summed E-state index contributed by atoms with van der Waals surface area (Å²) in [5.41, 5.74) is 2.46. The minimum Gasteiger partial charge on any atom is -0.481 e. The lowest BCUT2D eigenvalue weighted by Crippen LogP contribution is -2.39. The molecule has 2 unspecified atom stereocenters. The topological polar surface area (TPSA) is 57.6 Å². The summed E-state index contributed by atoms with van der Waals surface area (Å²) in [7, 11) is 0. The van der Waals surface area contributed by atoms with Crippen molar-refractivity contribution >= 4 is 11.9 Å². The van der Waals surface area contributed by atoms with E-state index in [0.717, 1.165) is 24.8 Å². The SMILES string of the molecule is CCc1ccc(C(C)CC(=O)N(CC(C)C(=O)O)C2CC2)cc1. The number of rotatable bonds is 8. The summed E-state index contributed by atoms with van der Waals surface area (Å²) in [5.74, 6) is -1.13. The maximum Gasteiger partial charge on any atom is 0.308 e. The molecule has 1 aromatic rings. The molecule has 0 bridgehead atoms. The first kappa shape index (κ1) is 17.5. The van der Waals surface area contributed by atoms with Gasteiger partial charge in [-0.05, 0) is 36.3 Å². The quantitative estimate of drug-likeness (QED) is 0.799. The van der Waals surface area contributed by atoms with E-state index >= 15 is 0 Å². The van der Waals surface area contributed by atoms with Crippen molar-refractivity contribution in [3.8, 4) is 0 Å². The Morgan fingerprint density at radius 2 is 1.83 bits per heavy atom. The number of nitrogens with zero attached hydrogens (tertiary/aromatic N) is 1. The molecule has 0 saturated heterocycles. The van der Waals surface area contributed by atoms with Crippen molar-refractivity contribution in [3.63, 3.8) is 0 Å². The van der Waals surface area contributed by atoms with Gasteiger partial charge in [0, 0.05) is 19.0 Å². The molecule has 0 heterocycles. The summed E-state index contributed by atoms with van der Waals surface area (Å²) in [6, 6.07) is 8.66. The molecule has 1 saturated carbocycles. The van der Waals surface area contributed by atoms with Gasteiger partial charge in [-0.1, -0.05) is 45.0 Å². The minimum absolute atomic E-state index is 0.0765. The maximum atomic E-state index is 12.6. The van der Waals surface area contributed by atoms with Gasteiger partial charge < -0.3 is 10.0 Å². The summed E-state index contributed by atoms with van der Waals surface area (Å²) in [5, 5.41) is 9.09. The number of amides is 1. The second-order valence-corrected chi connectivity index (χ2v) is 6.72. The van der Waals surface area contributed by atoms with Crippen LogP contribution in [0.5, 0.6) is 0 Å². The van der Waals surface area contributed by atoms with Crippen LogP contribution in [0.1, 0.15) is 57.1 Å². The van der Waals surface area contributed by atoms with Crippen molar-refractivity contribution in [1.29, 1.82) is 0 Å². The molecule has 2 rings (SSSR count). The molecule has 0 spiro atoms. The Morgan fingerprint density at radius 1 is 1.22 bits per heavy atom. The molecule has 1 fully saturated rings. The van der Waals surface area contributed by atoms with Crippen LogP contribution in [0.15, 0.2) is 24.3 Å². The van der Waals surface area contributed by atoms with Crippen LogP contribution in [-0.4, -0.2) is 34.5 Å². The lowest BCUT2D eigenvalue weighted by molar-refractivity contribution is -0.143. The number of carbonyl (C=O) groups excluding carboxylic acids is 1. The molecule has 1 aromatic carbocycles. The molecule has 1 aliphatic rings. The largest absolute Gasteiger partial charge is 0.481 e. The summed E-state index contributed by atoms with van der Waals surface area (Å²) in [6.07, 6.45) is 3.44. The fraction of sp³-hybridized carbons (Fsp3) is 0.579. The zero-order valence-electron chi connectivity index (χ0n) is 14.3. The number of aliphatic carboxylic acids is 1. The highest BCUT2D eigenvalue weighted by Crippen LogP contribution is 2.30. The Hall–Kier alpha value is -1.84. The normalized spacial score (nSPS) is 16.7. The third-order valence-electron chi connectivity index (χ3n) is 4.64. The van der Waals surface area contributed by atoms with Crippen LogP contribution in [0.25, 0.3) is 0 Å². The van der Waals surface area contributed by atoms with E-state index in [1.54, 1.807) is 11.8 Å². The van der Waals surface area contributed by atoms with Crippen LogP contribution >= 0.6 is 0 Å². The fourth-order valence-corrected chi connectivity index (χ4v) is 2.79. The van der Waals surface area contributed by atoms with Crippen molar-refractivity contribution in [3.05, 3.63) is 35.4 Å². The van der Waals surface area contributed by atoms with E-state index in [4.69, 9.17) is 5.11 Å². The molecule has 0 radical (unpaired) electrons. The number of benzene rings is 1. The standard InChI is InChI=1S/C19H27NO3/c1-4-15-5-7-16(8-6-15)13(2)11-18(21)20(17-9-10-17)12-14(3)19(22)23/h5-8,13-14,17H,4,9-12H2,1-3H3,(H,22,23). The van der Waals surface area contributed by atoms with Crippen molar-refractivity contribution in [1.82, 2.24) is 4.90 Å². The number of carboxylic acids is 1. The van der Waals surface area contributed by atoms with Gasteiger partial charge in [-0.3, -0.25) is 9.59 Å². The highest BCUT2D eigenvalue weighted by molar-refractivity contribution is 5.79. The molecule has 1 aliphatic carbocycles. The summed E-state index contributed by atoms with van der Waals surface area (Å²) >= 11 is 0. The highest BCUT2D eigenvalue weighted by Gasteiger charge is 2.34. The van der Waals surface area contributed by atoms with Gasteiger partial charge in [-0.2, -0.15) is 0 Å². The summed E-state index contributed by atoms with van der Waals surface area (Å²) < 4.78 is 0. The molecular weight excluding hydrogens is 290 g/mol. The second kappa shape index (κ2) is 7.62. The van der Waals surface area contributed by atoms with Crippen LogP contribution in [0.4, 0.5) is 0 Å². The van der Waals surface area contributed by atoms with Crippen LogP contribution in [0.3, 0.4) is 0 Å². The smallest absolute Gasteiger partial charge is 0.308 e. The minimum atomic E-state index is -0.841. The van der Waals surface area contributed by atoms with Crippen LogP contribution in [0, 0.1) is 5.92 Å². The number of aryl methyl sites for hydroxylation is 1. The number of hydrogen-bond acceptors (Lipinski definition) is 2. The van der Waals surface area contributed by atoms with Gasteiger partial charge in [0.1, 0.15) is 0 Å². The Kier molecular flexibility index (Phi) is 5.80. The van der Waals surface area contributed by atoms with Gasteiger partial charge in [-0.15, -0.1) is 0 Å². The van der Waals surface area contributed by atoms with E-state index in [1.165, 1.54) is 5.56 Å². The lowest BCUT2D eigenvalue weighted by atomic mass is 9.95. The van der Waals surface area contributed by atoms with E-state index in [-0.39, 0.29) is 17.9 Å². The van der Waals surface area contributed by atoms with Gasteiger partial charge >= 0.3 is 5.97 Å². The van der Waals surface area contributed by atoms with Gasteiger partial charge in [0.25, 0.3) is 0 Å². The molecule has 0 aliphatic heterocycles. The zero-order chi connectivity index (χ0) is 17.0. The average molecular weight is 317 g/mol. The van der Waals surface area contributed by atoms with Crippen molar-refractivity contribution < 1.29 is 14.7 Å². The molecular formula is C19H27NO3. The first-order chi connectivity index (χ1) is 10.9.